The molecule has 0 spiro atoms. The third-order valence-corrected chi connectivity index (χ3v) is 2.20. The Morgan fingerprint density at radius 2 is 2.33 bits per heavy atom. The van der Waals surface area contributed by atoms with Crippen molar-refractivity contribution in [3.8, 4) is 0 Å². The number of hydrogen-bond donors (Lipinski definition) is 1. The fourth-order valence-electron chi connectivity index (χ4n) is 1.09. The van der Waals surface area contributed by atoms with Gasteiger partial charge in [-0.3, -0.25) is 0 Å². The van der Waals surface area contributed by atoms with Crippen molar-refractivity contribution in [3.63, 3.8) is 0 Å². The summed E-state index contributed by atoms with van der Waals surface area (Å²) in [5.74, 6) is 0.490. The zero-order valence-electron chi connectivity index (χ0n) is 9.20. The lowest BCUT2D eigenvalue weighted by molar-refractivity contribution is -0.134. The Bertz CT molecular complexity index is 212. The van der Waals surface area contributed by atoms with Crippen LogP contribution in [0.2, 0.25) is 0 Å². The van der Waals surface area contributed by atoms with E-state index in [4.69, 9.17) is 4.74 Å². The van der Waals surface area contributed by atoms with Gasteiger partial charge in [-0.1, -0.05) is 0 Å². The molecule has 0 aliphatic heterocycles. The van der Waals surface area contributed by atoms with E-state index in [1.54, 1.807) is 6.20 Å². The summed E-state index contributed by atoms with van der Waals surface area (Å²) in [6.45, 7) is 2.52. The molecule has 0 heterocycles. The molecule has 1 N–H and O–H groups in total. The SMILES string of the molecule is COC(=O)/C=C/NCCCOCC1CC1. The van der Waals surface area contributed by atoms with Crippen LogP contribution in [0.5, 0.6) is 0 Å². The third kappa shape index (κ3) is 6.96. The Balaban J connectivity index is 1.79. The first kappa shape index (κ1) is 12.0. The van der Waals surface area contributed by atoms with Gasteiger partial charge in [0.2, 0.25) is 0 Å². The minimum Gasteiger partial charge on any atom is -0.466 e. The van der Waals surface area contributed by atoms with Gasteiger partial charge in [0, 0.05) is 32.0 Å². The van der Waals surface area contributed by atoms with E-state index in [0.717, 1.165) is 32.1 Å². The summed E-state index contributed by atoms with van der Waals surface area (Å²) in [4.78, 5) is 10.7. The Kier molecular flexibility index (Phi) is 5.85. The van der Waals surface area contributed by atoms with Gasteiger partial charge >= 0.3 is 5.97 Å². The Morgan fingerprint density at radius 1 is 1.53 bits per heavy atom. The van der Waals surface area contributed by atoms with Crippen molar-refractivity contribution >= 4 is 5.97 Å². The highest BCUT2D eigenvalue weighted by atomic mass is 16.5. The van der Waals surface area contributed by atoms with Crippen LogP contribution in [-0.4, -0.2) is 32.8 Å². The van der Waals surface area contributed by atoms with Crippen LogP contribution in [0, 0.1) is 5.92 Å². The molecule has 15 heavy (non-hydrogen) atoms. The van der Waals surface area contributed by atoms with Gasteiger partial charge in [-0.25, -0.2) is 4.79 Å². The number of carbonyl (C=O) groups excluding carboxylic acids is 1. The first-order chi connectivity index (χ1) is 7.33. The third-order valence-electron chi connectivity index (χ3n) is 2.20. The molecule has 0 atom stereocenters. The van der Waals surface area contributed by atoms with Crippen LogP contribution in [0.25, 0.3) is 0 Å². The highest BCUT2D eigenvalue weighted by Gasteiger charge is 2.20. The average Bonchev–Trinajstić information content (AvgIpc) is 3.05. The van der Waals surface area contributed by atoms with E-state index in [0.29, 0.717) is 0 Å². The molecule has 0 saturated heterocycles. The van der Waals surface area contributed by atoms with Crippen molar-refractivity contribution in [2.45, 2.75) is 19.3 Å². The monoisotopic (exact) mass is 213 g/mol. The van der Waals surface area contributed by atoms with E-state index in [2.05, 4.69) is 10.1 Å². The molecule has 1 aliphatic carbocycles. The van der Waals surface area contributed by atoms with Crippen molar-refractivity contribution in [1.82, 2.24) is 5.32 Å². The van der Waals surface area contributed by atoms with Crippen LogP contribution in [0.15, 0.2) is 12.3 Å². The molecule has 86 valence electrons. The maximum atomic E-state index is 10.7. The molecule has 1 rings (SSSR count). The van der Waals surface area contributed by atoms with E-state index in [-0.39, 0.29) is 5.97 Å². The topological polar surface area (TPSA) is 47.6 Å². The zero-order chi connectivity index (χ0) is 10.9. The smallest absolute Gasteiger partial charge is 0.331 e. The van der Waals surface area contributed by atoms with Gasteiger partial charge in [-0.05, 0) is 25.2 Å². The average molecular weight is 213 g/mol. The Labute approximate surface area is 90.6 Å². The first-order valence-electron chi connectivity index (χ1n) is 5.38. The second-order valence-corrected chi connectivity index (χ2v) is 3.68. The molecular formula is C11H19NO3. The van der Waals surface area contributed by atoms with E-state index in [1.807, 2.05) is 0 Å². The first-order valence-corrected chi connectivity index (χ1v) is 5.38. The van der Waals surface area contributed by atoms with Gasteiger partial charge < -0.3 is 14.8 Å². The molecule has 4 nitrogen and oxygen atoms in total. The largest absolute Gasteiger partial charge is 0.466 e. The maximum absolute atomic E-state index is 10.7. The number of nitrogens with one attached hydrogen (secondary N) is 1. The maximum Gasteiger partial charge on any atom is 0.331 e. The second kappa shape index (κ2) is 7.29. The van der Waals surface area contributed by atoms with Crippen molar-refractivity contribution in [1.29, 1.82) is 0 Å². The molecule has 0 aromatic rings. The normalized spacial score (nSPS) is 15.5. The van der Waals surface area contributed by atoms with Crippen LogP contribution in [0.4, 0.5) is 0 Å². The molecule has 0 radical (unpaired) electrons. The van der Waals surface area contributed by atoms with Gasteiger partial charge in [0.05, 0.1) is 7.11 Å². The van der Waals surface area contributed by atoms with Crippen LogP contribution in [0.1, 0.15) is 19.3 Å². The molecule has 1 fully saturated rings. The summed E-state index contributed by atoms with van der Waals surface area (Å²) < 4.78 is 9.89. The standard InChI is InChI=1S/C11H19NO3/c1-14-11(13)5-7-12-6-2-8-15-9-10-3-4-10/h5,7,10,12H,2-4,6,8-9H2,1H3/b7-5+. The van der Waals surface area contributed by atoms with Crippen molar-refractivity contribution in [2.75, 3.05) is 26.9 Å². The van der Waals surface area contributed by atoms with Gasteiger partial charge in [0.1, 0.15) is 0 Å². The highest BCUT2D eigenvalue weighted by molar-refractivity contribution is 5.81. The van der Waals surface area contributed by atoms with Crippen molar-refractivity contribution in [2.24, 2.45) is 5.92 Å². The summed E-state index contributed by atoms with van der Waals surface area (Å²) in [5.41, 5.74) is 0. The zero-order valence-corrected chi connectivity index (χ0v) is 9.20. The van der Waals surface area contributed by atoms with Crippen molar-refractivity contribution in [3.05, 3.63) is 12.3 Å². The number of hydrogen-bond acceptors (Lipinski definition) is 4. The summed E-state index contributed by atoms with van der Waals surface area (Å²) in [7, 11) is 1.36. The number of rotatable bonds is 8. The Morgan fingerprint density at radius 3 is 3.00 bits per heavy atom. The molecular weight excluding hydrogens is 194 g/mol. The van der Waals surface area contributed by atoms with E-state index in [1.165, 1.54) is 26.0 Å². The lowest BCUT2D eigenvalue weighted by Gasteiger charge is -2.02. The molecule has 1 saturated carbocycles. The molecule has 0 unspecified atom stereocenters. The Hall–Kier alpha value is -1.03. The number of carbonyl (C=O) groups is 1. The predicted octanol–water partition coefficient (Wildman–Crippen LogP) is 1.08. The summed E-state index contributed by atoms with van der Waals surface area (Å²) >= 11 is 0. The van der Waals surface area contributed by atoms with Gasteiger partial charge in [-0.2, -0.15) is 0 Å². The van der Waals surface area contributed by atoms with Crippen LogP contribution < -0.4 is 5.32 Å². The number of esters is 1. The molecule has 0 aromatic heterocycles. The molecule has 4 heteroatoms. The van der Waals surface area contributed by atoms with Gasteiger partial charge in [0.15, 0.2) is 0 Å². The fourth-order valence-corrected chi connectivity index (χ4v) is 1.09. The second-order valence-electron chi connectivity index (χ2n) is 3.68. The van der Waals surface area contributed by atoms with Crippen molar-refractivity contribution < 1.29 is 14.3 Å². The lowest BCUT2D eigenvalue weighted by atomic mass is 10.4. The van der Waals surface area contributed by atoms with Crippen LogP contribution in [0.3, 0.4) is 0 Å². The predicted molar refractivity (Wildman–Crippen MR) is 57.3 cm³/mol. The quantitative estimate of drug-likeness (QED) is 0.372. The minimum absolute atomic E-state index is 0.340. The summed E-state index contributed by atoms with van der Waals surface area (Å²) in [6, 6.07) is 0. The lowest BCUT2D eigenvalue weighted by Crippen LogP contribution is -2.11. The van der Waals surface area contributed by atoms with Crippen LogP contribution in [-0.2, 0) is 14.3 Å². The minimum atomic E-state index is -0.340. The summed E-state index contributed by atoms with van der Waals surface area (Å²) in [6.07, 6.45) is 6.59. The van der Waals surface area contributed by atoms with Gasteiger partial charge in [-0.15, -0.1) is 0 Å². The molecule has 1 aliphatic rings. The van der Waals surface area contributed by atoms with E-state index < -0.39 is 0 Å². The summed E-state index contributed by atoms with van der Waals surface area (Å²) in [5, 5.41) is 2.99. The number of methoxy groups -OCH3 is 1. The number of ether oxygens (including phenoxy) is 2. The van der Waals surface area contributed by atoms with Gasteiger partial charge in [0.25, 0.3) is 0 Å². The fraction of sp³-hybridized carbons (Fsp3) is 0.727. The van der Waals surface area contributed by atoms with Crippen LogP contribution >= 0.6 is 0 Å². The highest BCUT2D eigenvalue weighted by Crippen LogP contribution is 2.28. The molecule has 0 bridgehead atoms. The molecule has 0 amide bonds. The molecule has 0 aromatic carbocycles. The van der Waals surface area contributed by atoms with E-state index >= 15 is 0 Å². The van der Waals surface area contributed by atoms with E-state index in [9.17, 15) is 4.79 Å².